The number of nitrogens with zero attached hydrogens (tertiary/aromatic N) is 2. The van der Waals surface area contributed by atoms with Gasteiger partial charge < -0.3 is 9.73 Å². The first-order valence-corrected chi connectivity index (χ1v) is 4.32. The summed E-state index contributed by atoms with van der Waals surface area (Å²) in [6.07, 6.45) is 2.02. The summed E-state index contributed by atoms with van der Waals surface area (Å²) in [6, 6.07) is 0. The Balaban J connectivity index is 1.81. The van der Waals surface area contributed by atoms with Gasteiger partial charge in [0.25, 0.3) is 0 Å². The zero-order valence-corrected chi connectivity index (χ0v) is 7.41. The lowest BCUT2D eigenvalue weighted by Gasteiger charge is -1.98. The molecule has 1 N–H and O–H groups in total. The second-order valence-corrected chi connectivity index (χ2v) is 3.21. The number of aromatic nitrogens is 2. The Morgan fingerprint density at radius 2 is 2.38 bits per heavy atom. The number of amides is 1. The summed E-state index contributed by atoms with van der Waals surface area (Å²) < 4.78 is 5.10. The lowest BCUT2D eigenvalue weighted by Crippen LogP contribution is -2.24. The van der Waals surface area contributed by atoms with Gasteiger partial charge in [-0.3, -0.25) is 4.79 Å². The molecule has 1 amide bonds. The summed E-state index contributed by atoms with van der Waals surface area (Å²) in [6.45, 7) is 2.06. The number of hydrogen-bond acceptors (Lipinski definition) is 4. The molecule has 0 radical (unpaired) electrons. The molecule has 5 nitrogen and oxygen atoms in total. The molecule has 0 unspecified atom stereocenters. The van der Waals surface area contributed by atoms with Crippen LogP contribution in [0.3, 0.4) is 0 Å². The molecular formula is C8H11N3O2. The SMILES string of the molecule is Cc1nnc(CNC(=O)C2CC2)o1. The maximum atomic E-state index is 11.2. The predicted octanol–water partition coefficient (Wildman–Crippen LogP) is 0.404. The van der Waals surface area contributed by atoms with Crippen molar-refractivity contribution in [3.05, 3.63) is 11.8 Å². The van der Waals surface area contributed by atoms with Crippen molar-refractivity contribution in [3.8, 4) is 0 Å². The minimum absolute atomic E-state index is 0.0934. The Morgan fingerprint density at radius 3 is 2.92 bits per heavy atom. The van der Waals surface area contributed by atoms with Crippen LogP contribution in [0.4, 0.5) is 0 Å². The van der Waals surface area contributed by atoms with Crippen molar-refractivity contribution >= 4 is 5.91 Å². The third kappa shape index (κ3) is 2.05. The molecule has 0 aromatic carbocycles. The summed E-state index contributed by atoms with van der Waals surface area (Å²) in [4.78, 5) is 11.2. The normalized spacial score (nSPS) is 15.8. The first-order valence-electron chi connectivity index (χ1n) is 4.32. The van der Waals surface area contributed by atoms with E-state index >= 15 is 0 Å². The smallest absolute Gasteiger partial charge is 0.235 e. The first-order chi connectivity index (χ1) is 6.25. The van der Waals surface area contributed by atoms with Crippen LogP contribution < -0.4 is 5.32 Å². The molecule has 5 heteroatoms. The van der Waals surface area contributed by atoms with Gasteiger partial charge in [0.2, 0.25) is 17.7 Å². The van der Waals surface area contributed by atoms with E-state index in [0.29, 0.717) is 18.3 Å². The van der Waals surface area contributed by atoms with Crippen molar-refractivity contribution in [1.29, 1.82) is 0 Å². The zero-order chi connectivity index (χ0) is 9.26. The summed E-state index contributed by atoms with van der Waals surface area (Å²) >= 11 is 0. The maximum absolute atomic E-state index is 11.2. The largest absolute Gasteiger partial charge is 0.424 e. The number of hydrogen-bond donors (Lipinski definition) is 1. The third-order valence-electron chi connectivity index (χ3n) is 1.93. The fraction of sp³-hybridized carbons (Fsp3) is 0.625. The van der Waals surface area contributed by atoms with E-state index in [-0.39, 0.29) is 11.8 Å². The molecule has 1 aromatic rings. The van der Waals surface area contributed by atoms with E-state index in [1.54, 1.807) is 6.92 Å². The molecule has 0 aliphatic heterocycles. The highest BCUT2D eigenvalue weighted by atomic mass is 16.4. The van der Waals surface area contributed by atoms with Gasteiger partial charge in [0.1, 0.15) is 0 Å². The molecule has 1 aromatic heterocycles. The van der Waals surface area contributed by atoms with Crippen molar-refractivity contribution in [2.24, 2.45) is 5.92 Å². The van der Waals surface area contributed by atoms with E-state index in [0.717, 1.165) is 12.8 Å². The number of nitrogens with one attached hydrogen (secondary N) is 1. The number of carbonyl (C=O) groups is 1. The fourth-order valence-corrected chi connectivity index (χ4v) is 1.06. The van der Waals surface area contributed by atoms with E-state index in [2.05, 4.69) is 15.5 Å². The van der Waals surface area contributed by atoms with E-state index in [9.17, 15) is 4.79 Å². The van der Waals surface area contributed by atoms with Gasteiger partial charge in [-0.2, -0.15) is 0 Å². The second kappa shape index (κ2) is 3.16. The summed E-state index contributed by atoms with van der Waals surface area (Å²) in [7, 11) is 0. The maximum Gasteiger partial charge on any atom is 0.235 e. The Morgan fingerprint density at radius 1 is 1.62 bits per heavy atom. The Hall–Kier alpha value is -1.39. The average molecular weight is 181 g/mol. The van der Waals surface area contributed by atoms with Gasteiger partial charge in [-0.05, 0) is 12.8 Å². The topological polar surface area (TPSA) is 68.0 Å². The minimum atomic E-state index is 0.0934. The second-order valence-electron chi connectivity index (χ2n) is 3.21. The van der Waals surface area contributed by atoms with Gasteiger partial charge in [-0.1, -0.05) is 0 Å². The van der Waals surface area contributed by atoms with Gasteiger partial charge in [0.15, 0.2) is 0 Å². The Bertz CT molecular complexity index is 317. The molecule has 1 heterocycles. The van der Waals surface area contributed by atoms with Gasteiger partial charge in [-0.15, -0.1) is 10.2 Å². The molecule has 1 saturated carbocycles. The highest BCUT2D eigenvalue weighted by Gasteiger charge is 2.29. The van der Waals surface area contributed by atoms with Crippen LogP contribution in [0, 0.1) is 12.8 Å². The molecule has 1 fully saturated rings. The number of rotatable bonds is 3. The average Bonchev–Trinajstić information content (AvgIpc) is 2.87. The minimum Gasteiger partial charge on any atom is -0.424 e. The predicted molar refractivity (Wildman–Crippen MR) is 43.6 cm³/mol. The fourth-order valence-electron chi connectivity index (χ4n) is 1.06. The third-order valence-corrected chi connectivity index (χ3v) is 1.93. The van der Waals surface area contributed by atoms with Crippen molar-refractivity contribution in [2.75, 3.05) is 0 Å². The Labute approximate surface area is 75.5 Å². The molecule has 0 bridgehead atoms. The van der Waals surface area contributed by atoms with Crippen molar-refractivity contribution < 1.29 is 9.21 Å². The lowest BCUT2D eigenvalue weighted by molar-refractivity contribution is -0.122. The van der Waals surface area contributed by atoms with Crippen LogP contribution in [0.2, 0.25) is 0 Å². The van der Waals surface area contributed by atoms with Gasteiger partial charge in [0, 0.05) is 12.8 Å². The van der Waals surface area contributed by atoms with Crippen LogP contribution in [0.5, 0.6) is 0 Å². The highest BCUT2D eigenvalue weighted by Crippen LogP contribution is 2.28. The molecule has 70 valence electrons. The molecule has 13 heavy (non-hydrogen) atoms. The van der Waals surface area contributed by atoms with Crippen LogP contribution in [0.25, 0.3) is 0 Å². The quantitative estimate of drug-likeness (QED) is 0.733. The Kier molecular flexibility index (Phi) is 2.00. The zero-order valence-electron chi connectivity index (χ0n) is 7.41. The molecule has 0 saturated heterocycles. The van der Waals surface area contributed by atoms with E-state index in [1.165, 1.54) is 0 Å². The molecule has 0 spiro atoms. The van der Waals surface area contributed by atoms with Gasteiger partial charge in [-0.25, -0.2) is 0 Å². The summed E-state index contributed by atoms with van der Waals surface area (Å²) in [5.74, 6) is 1.31. The molecule has 2 rings (SSSR count). The van der Waals surface area contributed by atoms with Gasteiger partial charge in [0.05, 0.1) is 6.54 Å². The van der Waals surface area contributed by atoms with Crippen LogP contribution in [-0.4, -0.2) is 16.1 Å². The van der Waals surface area contributed by atoms with Gasteiger partial charge >= 0.3 is 0 Å². The summed E-state index contributed by atoms with van der Waals surface area (Å²) in [5, 5.41) is 10.2. The number of aryl methyl sites for hydroxylation is 1. The van der Waals surface area contributed by atoms with Crippen molar-refractivity contribution in [1.82, 2.24) is 15.5 Å². The number of carbonyl (C=O) groups excluding carboxylic acids is 1. The van der Waals surface area contributed by atoms with Crippen molar-refractivity contribution in [3.63, 3.8) is 0 Å². The van der Waals surface area contributed by atoms with Crippen LogP contribution >= 0.6 is 0 Å². The van der Waals surface area contributed by atoms with E-state index < -0.39 is 0 Å². The van der Waals surface area contributed by atoms with Crippen molar-refractivity contribution in [2.45, 2.75) is 26.3 Å². The monoisotopic (exact) mass is 181 g/mol. The van der Waals surface area contributed by atoms with Crippen LogP contribution in [-0.2, 0) is 11.3 Å². The molecule has 0 atom stereocenters. The summed E-state index contributed by atoms with van der Waals surface area (Å²) in [5.41, 5.74) is 0. The van der Waals surface area contributed by atoms with Crippen LogP contribution in [0.1, 0.15) is 24.6 Å². The van der Waals surface area contributed by atoms with Crippen LogP contribution in [0.15, 0.2) is 4.42 Å². The first kappa shape index (κ1) is 8.22. The standard InChI is InChI=1S/C8H11N3O2/c1-5-10-11-7(13-5)4-9-8(12)6-2-3-6/h6H,2-4H2,1H3,(H,9,12). The highest BCUT2D eigenvalue weighted by molar-refractivity contribution is 5.80. The van der Waals surface area contributed by atoms with E-state index in [4.69, 9.17) is 4.42 Å². The van der Waals surface area contributed by atoms with E-state index in [1.807, 2.05) is 0 Å². The molecular weight excluding hydrogens is 170 g/mol. The molecule has 1 aliphatic carbocycles. The lowest BCUT2D eigenvalue weighted by atomic mass is 10.4. The molecule has 1 aliphatic rings.